The third-order valence-corrected chi connectivity index (χ3v) is 11.3. The Hall–Kier alpha value is -3.22. The first kappa shape index (κ1) is 28.3. The van der Waals surface area contributed by atoms with Crippen molar-refractivity contribution in [1.82, 2.24) is 4.31 Å². The number of benzene rings is 3. The zero-order chi connectivity index (χ0) is 28.8. The first-order chi connectivity index (χ1) is 19.1. The average Bonchev–Trinajstić information content (AvgIpc) is 3.12. The normalized spacial score (nSPS) is 25.9. The summed E-state index contributed by atoms with van der Waals surface area (Å²) in [6.07, 6.45) is 2.13. The molecule has 1 saturated carbocycles. The van der Waals surface area contributed by atoms with E-state index in [-0.39, 0.29) is 46.2 Å². The third-order valence-electron chi connectivity index (χ3n) is 9.41. The van der Waals surface area contributed by atoms with E-state index in [0.29, 0.717) is 5.76 Å². The molecule has 7 atom stereocenters. The quantitative estimate of drug-likeness (QED) is 0.309. The molecule has 0 spiro atoms. The van der Waals surface area contributed by atoms with Crippen molar-refractivity contribution in [3.63, 3.8) is 0 Å². The minimum atomic E-state index is -3.81. The van der Waals surface area contributed by atoms with E-state index < -0.39 is 16.1 Å². The number of nitrogens with zero attached hydrogens (tertiary/aromatic N) is 1. The minimum absolute atomic E-state index is 0.0183. The van der Waals surface area contributed by atoms with Gasteiger partial charge in [0.1, 0.15) is 11.5 Å². The summed E-state index contributed by atoms with van der Waals surface area (Å²) in [5.74, 6) is 0.0405. The number of carbonyl (C=O) groups is 1. The number of methoxy groups -OCH3 is 1. The molecule has 5 rings (SSSR count). The number of ether oxygens (including phenoxy) is 1. The Morgan fingerprint density at radius 1 is 0.850 bits per heavy atom. The van der Waals surface area contributed by atoms with Gasteiger partial charge in [0.25, 0.3) is 0 Å². The number of fused-ring (bicyclic) bond motifs is 2. The highest BCUT2D eigenvalue weighted by Gasteiger charge is 2.57. The molecular formula is C34H39NO4S. The number of carbonyl (C=O) groups excluding carboxylic acids is 1. The van der Waals surface area contributed by atoms with Gasteiger partial charge < -0.3 is 4.74 Å². The molecule has 3 aromatic carbocycles. The van der Waals surface area contributed by atoms with Gasteiger partial charge in [-0.3, -0.25) is 4.79 Å². The Morgan fingerprint density at radius 2 is 1.45 bits per heavy atom. The van der Waals surface area contributed by atoms with Crippen LogP contribution in [0.2, 0.25) is 0 Å². The van der Waals surface area contributed by atoms with Crippen LogP contribution in [0.4, 0.5) is 0 Å². The van der Waals surface area contributed by atoms with E-state index in [9.17, 15) is 13.2 Å². The van der Waals surface area contributed by atoms with Crippen LogP contribution < -0.4 is 0 Å². The van der Waals surface area contributed by atoms with Gasteiger partial charge in [0.05, 0.1) is 24.0 Å². The van der Waals surface area contributed by atoms with Crippen molar-refractivity contribution >= 4 is 15.8 Å². The molecule has 2 aliphatic rings. The highest BCUT2D eigenvalue weighted by Crippen LogP contribution is 2.57. The van der Waals surface area contributed by atoms with Crippen molar-refractivity contribution in [2.24, 2.45) is 29.6 Å². The van der Waals surface area contributed by atoms with Crippen molar-refractivity contribution in [2.45, 2.75) is 44.6 Å². The SMILES string of the molecule is COC1=CC([C@@H](C)[C@H](c2ccccc2C)N(C)S(=O)(=O)c2ccccc2)C2C(=O)C1C(c1ccccc1C)C2C. The molecule has 6 heteroatoms. The molecule has 0 saturated heterocycles. The second-order valence-corrected chi connectivity index (χ2v) is 13.5. The molecule has 0 N–H and O–H groups in total. The maximum absolute atomic E-state index is 14.1. The van der Waals surface area contributed by atoms with Gasteiger partial charge in [-0.15, -0.1) is 0 Å². The molecule has 2 bridgehead atoms. The van der Waals surface area contributed by atoms with Crippen LogP contribution >= 0.6 is 0 Å². The standard InChI is InChI=1S/C34H39NO4S/c1-21-14-10-12-18-26(21)30-24(4)31-28(20-29(39-6)32(30)34(31)36)23(3)33(27-19-13-11-15-22(27)2)35(5)40(37,38)25-16-8-7-9-17-25/h7-20,23-24,28,30-33H,1-6H3/t23-,24?,28?,30?,31?,32?,33-/m1/s1. The molecule has 0 aliphatic heterocycles. The van der Waals surface area contributed by atoms with Crippen LogP contribution in [0.15, 0.2) is 95.6 Å². The zero-order valence-electron chi connectivity index (χ0n) is 24.1. The number of hydrogen-bond donors (Lipinski definition) is 0. The van der Waals surface area contributed by atoms with Crippen molar-refractivity contribution in [1.29, 1.82) is 0 Å². The van der Waals surface area contributed by atoms with Crippen LogP contribution in [-0.4, -0.2) is 32.7 Å². The van der Waals surface area contributed by atoms with E-state index in [1.54, 1.807) is 38.4 Å². The van der Waals surface area contributed by atoms with Gasteiger partial charge in [-0.05, 0) is 72.1 Å². The van der Waals surface area contributed by atoms with Crippen molar-refractivity contribution < 1.29 is 17.9 Å². The molecule has 3 aromatic rings. The fraction of sp³-hybridized carbons (Fsp3) is 0.382. The van der Waals surface area contributed by atoms with Gasteiger partial charge >= 0.3 is 0 Å². The van der Waals surface area contributed by atoms with E-state index >= 15 is 0 Å². The Balaban J connectivity index is 1.61. The lowest BCUT2D eigenvalue weighted by molar-refractivity contribution is -0.127. The van der Waals surface area contributed by atoms with Gasteiger partial charge in [0, 0.05) is 18.9 Å². The van der Waals surface area contributed by atoms with Crippen molar-refractivity contribution in [3.8, 4) is 0 Å². The largest absolute Gasteiger partial charge is 0.501 e. The summed E-state index contributed by atoms with van der Waals surface area (Å²) in [6.45, 7) is 8.38. The first-order valence-corrected chi connectivity index (χ1v) is 15.5. The number of ketones is 1. The highest BCUT2D eigenvalue weighted by molar-refractivity contribution is 7.89. The Kier molecular flexibility index (Phi) is 7.77. The van der Waals surface area contributed by atoms with Crippen LogP contribution in [-0.2, 0) is 19.6 Å². The Bertz CT molecular complexity index is 1530. The first-order valence-electron chi connectivity index (χ1n) is 14.0. The summed E-state index contributed by atoms with van der Waals surface area (Å²) in [6, 6.07) is 24.3. The van der Waals surface area contributed by atoms with Crippen LogP contribution in [0, 0.1) is 43.4 Å². The molecule has 0 amide bonds. The predicted octanol–water partition coefficient (Wildman–Crippen LogP) is 6.70. The zero-order valence-corrected chi connectivity index (χ0v) is 24.9. The van der Waals surface area contributed by atoms with E-state index in [2.05, 4.69) is 39.0 Å². The van der Waals surface area contributed by atoms with Gasteiger partial charge in [-0.1, -0.05) is 80.6 Å². The molecule has 5 nitrogen and oxygen atoms in total. The number of aryl methyl sites for hydroxylation is 2. The Morgan fingerprint density at radius 3 is 2.08 bits per heavy atom. The molecule has 0 heterocycles. The molecule has 0 radical (unpaired) electrons. The number of sulfonamides is 1. The summed E-state index contributed by atoms with van der Waals surface area (Å²) in [5, 5.41) is 0. The van der Waals surface area contributed by atoms with E-state index in [0.717, 1.165) is 11.1 Å². The smallest absolute Gasteiger partial charge is 0.243 e. The van der Waals surface area contributed by atoms with Gasteiger partial charge in [-0.25, -0.2) is 8.42 Å². The topological polar surface area (TPSA) is 63.7 Å². The van der Waals surface area contributed by atoms with Crippen molar-refractivity contribution in [2.75, 3.05) is 14.2 Å². The lowest BCUT2D eigenvalue weighted by Crippen LogP contribution is -2.41. The molecule has 5 unspecified atom stereocenters. The monoisotopic (exact) mass is 557 g/mol. The summed E-state index contributed by atoms with van der Waals surface area (Å²) in [5.41, 5.74) is 4.32. The highest BCUT2D eigenvalue weighted by atomic mass is 32.2. The number of Topliss-reactive ketones (excluding diaryl/α,β-unsaturated/α-hetero) is 1. The number of rotatable bonds is 8. The van der Waals surface area contributed by atoms with E-state index in [4.69, 9.17) is 4.74 Å². The summed E-state index contributed by atoms with van der Waals surface area (Å²) < 4.78 is 35.3. The van der Waals surface area contributed by atoms with Gasteiger partial charge in [0.15, 0.2) is 0 Å². The van der Waals surface area contributed by atoms with Crippen LogP contribution in [0.1, 0.15) is 48.1 Å². The lowest BCUT2D eigenvalue weighted by Gasteiger charge is -2.40. The lowest BCUT2D eigenvalue weighted by atomic mass is 9.70. The summed E-state index contributed by atoms with van der Waals surface area (Å²) >= 11 is 0. The second-order valence-electron chi connectivity index (χ2n) is 11.5. The maximum atomic E-state index is 14.1. The van der Waals surface area contributed by atoms with Crippen LogP contribution in [0.25, 0.3) is 0 Å². The van der Waals surface area contributed by atoms with Gasteiger partial charge in [-0.2, -0.15) is 4.31 Å². The molecule has 40 heavy (non-hydrogen) atoms. The molecular weight excluding hydrogens is 518 g/mol. The predicted molar refractivity (Wildman–Crippen MR) is 158 cm³/mol. The van der Waals surface area contributed by atoms with Crippen LogP contribution in [0.3, 0.4) is 0 Å². The molecule has 2 aliphatic carbocycles. The average molecular weight is 558 g/mol. The van der Waals surface area contributed by atoms with E-state index in [1.165, 1.54) is 15.4 Å². The molecule has 0 aromatic heterocycles. The fourth-order valence-electron chi connectivity index (χ4n) is 7.37. The summed E-state index contributed by atoms with van der Waals surface area (Å²) in [7, 11) is -0.502. The van der Waals surface area contributed by atoms with E-state index in [1.807, 2.05) is 49.4 Å². The molecule has 1 fully saturated rings. The Labute approximate surface area is 238 Å². The fourth-order valence-corrected chi connectivity index (χ4v) is 8.81. The summed E-state index contributed by atoms with van der Waals surface area (Å²) in [4.78, 5) is 14.4. The number of hydrogen-bond acceptors (Lipinski definition) is 4. The van der Waals surface area contributed by atoms with Gasteiger partial charge in [0.2, 0.25) is 10.0 Å². The van der Waals surface area contributed by atoms with Crippen molar-refractivity contribution in [3.05, 3.63) is 113 Å². The second kappa shape index (κ2) is 11.0. The number of allylic oxidation sites excluding steroid dienone is 2. The minimum Gasteiger partial charge on any atom is -0.501 e. The van der Waals surface area contributed by atoms with Crippen LogP contribution in [0.5, 0.6) is 0 Å². The maximum Gasteiger partial charge on any atom is 0.243 e. The third kappa shape index (κ3) is 4.61. The molecule has 210 valence electrons.